The summed E-state index contributed by atoms with van der Waals surface area (Å²) in [6, 6.07) is 4.06. The van der Waals surface area contributed by atoms with E-state index in [0.29, 0.717) is 45.1 Å². The Labute approximate surface area is 200 Å². The Bertz CT molecular complexity index is 1260. The Balaban J connectivity index is 1.42. The number of pyridine rings is 1. The summed E-state index contributed by atoms with van der Waals surface area (Å²) in [5.74, 6) is -2.24. The van der Waals surface area contributed by atoms with Gasteiger partial charge in [0.15, 0.2) is 5.82 Å². The molecule has 3 aromatic rings. The van der Waals surface area contributed by atoms with Crippen molar-refractivity contribution in [3.63, 3.8) is 0 Å². The molecule has 1 aromatic carbocycles. The van der Waals surface area contributed by atoms with Crippen LogP contribution in [0.4, 0.5) is 18.9 Å². The van der Waals surface area contributed by atoms with Crippen LogP contribution in [0.25, 0.3) is 5.52 Å². The van der Waals surface area contributed by atoms with Crippen LogP contribution in [0.5, 0.6) is 0 Å². The number of aliphatic hydroxyl groups excluding tert-OH is 1. The third-order valence-electron chi connectivity index (χ3n) is 7.27. The number of halogens is 3. The molecule has 0 radical (unpaired) electrons. The molecule has 1 atom stereocenters. The van der Waals surface area contributed by atoms with Gasteiger partial charge in [0, 0.05) is 24.3 Å². The number of carbonyl (C=O) groups excluding carboxylic acids is 1. The minimum atomic E-state index is -1.12. The van der Waals surface area contributed by atoms with Gasteiger partial charge in [-0.3, -0.25) is 4.79 Å². The number of benzene rings is 1. The second kappa shape index (κ2) is 9.16. The molecule has 1 amide bonds. The van der Waals surface area contributed by atoms with Gasteiger partial charge in [-0.15, -0.1) is 0 Å². The van der Waals surface area contributed by atoms with Crippen LogP contribution in [-0.2, 0) is 0 Å². The van der Waals surface area contributed by atoms with Gasteiger partial charge in [0.05, 0.1) is 35.7 Å². The molecule has 1 saturated heterocycles. The lowest BCUT2D eigenvalue weighted by Crippen LogP contribution is -2.45. The van der Waals surface area contributed by atoms with Crippen LogP contribution in [0.1, 0.15) is 60.5 Å². The molecular weight excluding hydrogens is 461 g/mol. The molecule has 0 spiro atoms. The summed E-state index contributed by atoms with van der Waals surface area (Å²) < 4.78 is 45.5. The average molecular weight is 489 g/mol. The summed E-state index contributed by atoms with van der Waals surface area (Å²) in [6.07, 6.45) is 5.76. The smallest absolute Gasteiger partial charge is 0.255 e. The second-order valence-corrected chi connectivity index (χ2v) is 9.51. The van der Waals surface area contributed by atoms with E-state index in [9.17, 15) is 23.8 Å². The average Bonchev–Trinajstić information content (AvgIpc) is 3.50. The molecule has 35 heavy (non-hydrogen) atoms. The highest BCUT2D eigenvalue weighted by Crippen LogP contribution is 2.39. The number of hydrogen-bond acceptors (Lipinski definition) is 5. The number of fused-ring (bicyclic) bond motifs is 1. The quantitative estimate of drug-likeness (QED) is 0.512. The monoisotopic (exact) mass is 488 g/mol. The fourth-order valence-corrected chi connectivity index (χ4v) is 5.29. The largest absolute Gasteiger partial charge is 0.393 e. The summed E-state index contributed by atoms with van der Waals surface area (Å²) in [4.78, 5) is 14.7. The van der Waals surface area contributed by atoms with Crippen LogP contribution in [0.3, 0.4) is 0 Å². The van der Waals surface area contributed by atoms with Gasteiger partial charge in [0.2, 0.25) is 0 Å². The zero-order chi connectivity index (χ0) is 24.7. The minimum Gasteiger partial charge on any atom is -0.393 e. The molecule has 5 rings (SSSR count). The van der Waals surface area contributed by atoms with Gasteiger partial charge < -0.3 is 20.4 Å². The summed E-state index contributed by atoms with van der Waals surface area (Å²) in [6.45, 7) is 0.131. The van der Waals surface area contributed by atoms with Crippen molar-refractivity contribution in [2.75, 3.05) is 18.1 Å². The van der Waals surface area contributed by atoms with E-state index in [1.165, 1.54) is 16.8 Å². The fraction of sp³-hybridized carbons (Fsp3) is 0.440. The fourth-order valence-electron chi connectivity index (χ4n) is 5.29. The van der Waals surface area contributed by atoms with Crippen molar-refractivity contribution in [2.24, 2.45) is 0 Å². The zero-order valence-electron chi connectivity index (χ0n) is 19.1. The molecule has 3 heterocycles. The van der Waals surface area contributed by atoms with Crippen molar-refractivity contribution in [3.05, 3.63) is 65.2 Å². The highest BCUT2D eigenvalue weighted by Gasteiger charge is 2.34. The van der Waals surface area contributed by atoms with Crippen molar-refractivity contribution in [3.8, 4) is 0 Å². The Morgan fingerprint density at radius 1 is 1.17 bits per heavy atom. The Kier molecular flexibility index (Phi) is 6.18. The lowest BCUT2D eigenvalue weighted by molar-refractivity contribution is -0.0468. The van der Waals surface area contributed by atoms with E-state index < -0.39 is 35.0 Å². The molecule has 1 unspecified atom stereocenters. The van der Waals surface area contributed by atoms with Crippen molar-refractivity contribution < 1.29 is 28.2 Å². The predicted molar refractivity (Wildman–Crippen MR) is 123 cm³/mol. The molecule has 0 bridgehead atoms. The van der Waals surface area contributed by atoms with Gasteiger partial charge >= 0.3 is 0 Å². The molecular formula is C25H27F3N4O3. The van der Waals surface area contributed by atoms with Gasteiger partial charge in [-0.1, -0.05) is 0 Å². The topological polar surface area (TPSA) is 90.1 Å². The standard InChI is InChI=1S/C25H27F3N4O3/c26-15-3-4-19(27)17(12-15)20-2-1-10-31(20)21-7-11-32-23(22(21)28)18(13-29-32)24(34)30-16-5-8-25(35,14-33)9-6-16/h3-4,7,11-13,16,20,33,35H,1-2,5-6,8-10,14H2,(H,30,34). The summed E-state index contributed by atoms with van der Waals surface area (Å²) in [5.41, 5.74) is -0.676. The third-order valence-corrected chi connectivity index (χ3v) is 7.27. The Morgan fingerprint density at radius 2 is 1.94 bits per heavy atom. The SMILES string of the molecule is O=C(NC1CCC(O)(CO)CC1)c1cnn2ccc(N3CCCC3c3cc(F)ccc3F)c(F)c12. The second-order valence-electron chi connectivity index (χ2n) is 9.51. The Morgan fingerprint density at radius 3 is 2.69 bits per heavy atom. The molecule has 2 aromatic heterocycles. The highest BCUT2D eigenvalue weighted by atomic mass is 19.1. The number of nitrogens with zero attached hydrogens (tertiary/aromatic N) is 3. The van der Waals surface area contributed by atoms with Gasteiger partial charge in [0.25, 0.3) is 5.91 Å². The van der Waals surface area contributed by atoms with E-state index in [0.717, 1.165) is 18.2 Å². The molecule has 1 aliphatic heterocycles. The molecule has 1 saturated carbocycles. The molecule has 2 fully saturated rings. The first-order valence-corrected chi connectivity index (χ1v) is 11.8. The highest BCUT2D eigenvalue weighted by molar-refractivity contribution is 6.01. The number of nitrogens with one attached hydrogen (secondary N) is 1. The van der Waals surface area contributed by atoms with E-state index in [-0.39, 0.29) is 35.0 Å². The van der Waals surface area contributed by atoms with Crippen molar-refractivity contribution >= 4 is 17.1 Å². The van der Waals surface area contributed by atoms with Crippen LogP contribution in [0, 0.1) is 17.5 Å². The number of carbonyl (C=O) groups is 1. The number of aliphatic hydroxyl groups is 2. The molecule has 3 N–H and O–H groups in total. The van der Waals surface area contributed by atoms with Gasteiger partial charge in [-0.25, -0.2) is 17.7 Å². The van der Waals surface area contributed by atoms with E-state index in [1.54, 1.807) is 11.1 Å². The molecule has 10 heteroatoms. The van der Waals surface area contributed by atoms with E-state index >= 15 is 4.39 Å². The lowest BCUT2D eigenvalue weighted by atomic mass is 9.82. The minimum absolute atomic E-state index is 0.00744. The first-order chi connectivity index (χ1) is 16.8. The van der Waals surface area contributed by atoms with Crippen LogP contribution in [-0.4, -0.2) is 50.5 Å². The van der Waals surface area contributed by atoms with Crippen LogP contribution >= 0.6 is 0 Å². The lowest BCUT2D eigenvalue weighted by Gasteiger charge is -2.34. The first kappa shape index (κ1) is 23.6. The molecule has 7 nitrogen and oxygen atoms in total. The predicted octanol–water partition coefficient (Wildman–Crippen LogP) is 3.49. The van der Waals surface area contributed by atoms with Crippen LogP contribution < -0.4 is 10.2 Å². The number of rotatable bonds is 5. The number of anilines is 1. The molecule has 2 aliphatic rings. The van der Waals surface area contributed by atoms with E-state index in [2.05, 4.69) is 10.4 Å². The van der Waals surface area contributed by atoms with Crippen LogP contribution in [0.15, 0.2) is 36.7 Å². The van der Waals surface area contributed by atoms with Crippen molar-refractivity contribution in [1.82, 2.24) is 14.9 Å². The van der Waals surface area contributed by atoms with Crippen molar-refractivity contribution in [2.45, 2.75) is 56.2 Å². The summed E-state index contributed by atoms with van der Waals surface area (Å²) >= 11 is 0. The van der Waals surface area contributed by atoms with E-state index in [1.807, 2.05) is 0 Å². The maximum atomic E-state index is 15.9. The van der Waals surface area contributed by atoms with Crippen molar-refractivity contribution in [1.29, 1.82) is 0 Å². The molecule has 1 aliphatic carbocycles. The third kappa shape index (κ3) is 4.36. The molecule has 186 valence electrons. The summed E-state index contributed by atoms with van der Waals surface area (Å²) in [7, 11) is 0. The summed E-state index contributed by atoms with van der Waals surface area (Å²) in [5, 5.41) is 26.5. The zero-order valence-corrected chi connectivity index (χ0v) is 19.1. The normalized spacial score (nSPS) is 24.8. The first-order valence-electron chi connectivity index (χ1n) is 11.8. The number of amides is 1. The maximum absolute atomic E-state index is 15.9. The number of hydrogen-bond donors (Lipinski definition) is 3. The number of aromatic nitrogens is 2. The van der Waals surface area contributed by atoms with Gasteiger partial charge in [-0.2, -0.15) is 5.10 Å². The van der Waals surface area contributed by atoms with E-state index in [4.69, 9.17) is 0 Å². The Hall–Kier alpha value is -3.11. The van der Waals surface area contributed by atoms with Gasteiger partial charge in [-0.05, 0) is 62.8 Å². The maximum Gasteiger partial charge on any atom is 0.255 e. The van der Waals surface area contributed by atoms with Gasteiger partial charge in [0.1, 0.15) is 17.2 Å². The van der Waals surface area contributed by atoms with Crippen LogP contribution in [0.2, 0.25) is 0 Å².